The second-order valence-electron chi connectivity index (χ2n) is 2.80. The van der Waals surface area contributed by atoms with Crippen LogP contribution in [0.1, 0.15) is 12.6 Å². The van der Waals surface area contributed by atoms with Gasteiger partial charge in [-0.25, -0.2) is 4.98 Å². The van der Waals surface area contributed by atoms with E-state index in [9.17, 15) is 0 Å². The topological polar surface area (TPSA) is 17.3 Å². The van der Waals surface area contributed by atoms with Crippen molar-refractivity contribution in [1.82, 2.24) is 9.38 Å². The summed E-state index contributed by atoms with van der Waals surface area (Å²) in [5.41, 5.74) is 1.88. The largest absolute Gasteiger partial charge is 0.301 e. The highest BCUT2D eigenvalue weighted by Gasteiger charge is 2.05. The SMILES string of the molecule is CCc1cnc2c(Cl)cc(Cl)cn12. The van der Waals surface area contributed by atoms with Crippen molar-refractivity contribution in [2.24, 2.45) is 0 Å². The molecule has 4 heteroatoms. The first-order valence-electron chi connectivity index (χ1n) is 4.03. The molecule has 0 bridgehead atoms. The first kappa shape index (κ1) is 8.85. The average Bonchev–Trinajstić information content (AvgIpc) is 2.47. The summed E-state index contributed by atoms with van der Waals surface area (Å²) in [6.07, 6.45) is 4.56. The van der Waals surface area contributed by atoms with Gasteiger partial charge in [0.15, 0.2) is 5.65 Å². The van der Waals surface area contributed by atoms with Gasteiger partial charge in [-0.1, -0.05) is 30.1 Å². The number of aromatic nitrogens is 2. The minimum atomic E-state index is 0.590. The van der Waals surface area contributed by atoms with Gasteiger partial charge in [0.2, 0.25) is 0 Å². The molecule has 0 fully saturated rings. The molecule has 68 valence electrons. The molecule has 0 radical (unpaired) electrons. The zero-order valence-corrected chi connectivity index (χ0v) is 8.60. The Morgan fingerprint density at radius 1 is 1.46 bits per heavy atom. The van der Waals surface area contributed by atoms with E-state index in [0.29, 0.717) is 10.0 Å². The van der Waals surface area contributed by atoms with Crippen LogP contribution in [0.3, 0.4) is 0 Å². The lowest BCUT2D eigenvalue weighted by molar-refractivity contribution is 0.995. The van der Waals surface area contributed by atoms with E-state index in [-0.39, 0.29) is 0 Å². The molecule has 0 aromatic carbocycles. The molecular formula is C9H8Cl2N2. The quantitative estimate of drug-likeness (QED) is 0.713. The number of imidazole rings is 1. The standard InChI is InChI=1S/C9H8Cl2N2/c1-2-7-4-12-9-8(11)3-6(10)5-13(7)9/h3-5H,2H2,1H3. The molecule has 0 atom stereocenters. The van der Waals surface area contributed by atoms with Crippen LogP contribution < -0.4 is 0 Å². The lowest BCUT2D eigenvalue weighted by Crippen LogP contribution is -1.90. The molecule has 0 saturated carbocycles. The fourth-order valence-electron chi connectivity index (χ4n) is 1.32. The van der Waals surface area contributed by atoms with E-state index in [2.05, 4.69) is 11.9 Å². The van der Waals surface area contributed by atoms with Crippen LogP contribution in [0, 0.1) is 0 Å². The molecule has 0 aliphatic heterocycles. The molecule has 2 nitrogen and oxygen atoms in total. The smallest absolute Gasteiger partial charge is 0.155 e. The minimum absolute atomic E-state index is 0.590. The van der Waals surface area contributed by atoms with Crippen molar-refractivity contribution in [2.45, 2.75) is 13.3 Å². The first-order valence-corrected chi connectivity index (χ1v) is 4.79. The average molecular weight is 215 g/mol. The predicted molar refractivity (Wildman–Crippen MR) is 54.6 cm³/mol. The number of hydrogen-bond acceptors (Lipinski definition) is 1. The van der Waals surface area contributed by atoms with E-state index in [4.69, 9.17) is 23.2 Å². The van der Waals surface area contributed by atoms with E-state index >= 15 is 0 Å². The first-order chi connectivity index (χ1) is 6.22. The number of nitrogens with zero attached hydrogens (tertiary/aromatic N) is 2. The lowest BCUT2D eigenvalue weighted by Gasteiger charge is -2.00. The van der Waals surface area contributed by atoms with Gasteiger partial charge in [-0.3, -0.25) is 0 Å². The Bertz CT molecular complexity index is 448. The summed E-state index contributed by atoms with van der Waals surface area (Å²) in [4.78, 5) is 4.20. The van der Waals surface area contributed by atoms with Crippen molar-refractivity contribution in [2.75, 3.05) is 0 Å². The fraction of sp³-hybridized carbons (Fsp3) is 0.222. The van der Waals surface area contributed by atoms with Crippen LogP contribution in [0.2, 0.25) is 10.0 Å². The molecule has 0 amide bonds. The Kier molecular flexibility index (Phi) is 2.18. The maximum absolute atomic E-state index is 5.96. The van der Waals surface area contributed by atoms with E-state index in [1.807, 2.05) is 16.8 Å². The van der Waals surface area contributed by atoms with Crippen LogP contribution in [0.15, 0.2) is 18.5 Å². The Balaban J connectivity index is 2.82. The van der Waals surface area contributed by atoms with Gasteiger partial charge in [0, 0.05) is 18.1 Å². The molecule has 0 N–H and O–H groups in total. The third-order valence-corrected chi connectivity index (χ3v) is 2.45. The van der Waals surface area contributed by atoms with Gasteiger partial charge in [-0.2, -0.15) is 0 Å². The molecule has 0 spiro atoms. The van der Waals surface area contributed by atoms with Crippen molar-refractivity contribution < 1.29 is 0 Å². The lowest BCUT2D eigenvalue weighted by atomic mass is 10.3. The van der Waals surface area contributed by atoms with Crippen LogP contribution in [-0.2, 0) is 6.42 Å². The van der Waals surface area contributed by atoms with Crippen molar-refractivity contribution >= 4 is 28.8 Å². The third kappa shape index (κ3) is 1.40. The Hall–Kier alpha value is -0.730. The number of halogens is 2. The van der Waals surface area contributed by atoms with Crippen LogP contribution in [-0.4, -0.2) is 9.38 Å². The maximum Gasteiger partial charge on any atom is 0.155 e. The summed E-state index contributed by atoms with van der Waals surface area (Å²) in [6.45, 7) is 2.07. The number of hydrogen-bond donors (Lipinski definition) is 0. The molecule has 2 aromatic rings. The van der Waals surface area contributed by atoms with E-state index in [1.165, 1.54) is 0 Å². The summed E-state index contributed by atoms with van der Waals surface area (Å²) in [5, 5.41) is 1.22. The molecule has 0 aliphatic rings. The zero-order chi connectivity index (χ0) is 9.42. The number of pyridine rings is 1. The summed E-state index contributed by atoms with van der Waals surface area (Å²) in [7, 11) is 0. The van der Waals surface area contributed by atoms with Gasteiger partial charge in [-0.05, 0) is 12.5 Å². The highest BCUT2D eigenvalue weighted by Crippen LogP contribution is 2.22. The van der Waals surface area contributed by atoms with Gasteiger partial charge < -0.3 is 4.40 Å². The van der Waals surface area contributed by atoms with Crippen LogP contribution in [0.25, 0.3) is 5.65 Å². The van der Waals surface area contributed by atoms with Gasteiger partial charge in [-0.15, -0.1) is 0 Å². The zero-order valence-electron chi connectivity index (χ0n) is 7.09. The maximum atomic E-state index is 5.96. The molecule has 0 unspecified atom stereocenters. The molecule has 2 rings (SSSR count). The second kappa shape index (κ2) is 3.20. The fourth-order valence-corrected chi connectivity index (χ4v) is 1.84. The van der Waals surface area contributed by atoms with Crippen LogP contribution in [0.5, 0.6) is 0 Å². The molecule has 0 aliphatic carbocycles. The third-order valence-electron chi connectivity index (χ3n) is 1.97. The van der Waals surface area contributed by atoms with E-state index in [0.717, 1.165) is 17.8 Å². The van der Waals surface area contributed by atoms with E-state index < -0.39 is 0 Å². The molecule has 0 saturated heterocycles. The van der Waals surface area contributed by atoms with Gasteiger partial charge in [0.05, 0.1) is 10.0 Å². The van der Waals surface area contributed by atoms with Crippen molar-refractivity contribution in [3.63, 3.8) is 0 Å². The molecule has 2 heterocycles. The Labute approximate surface area is 86.1 Å². The molecule has 13 heavy (non-hydrogen) atoms. The summed E-state index contributed by atoms with van der Waals surface area (Å²) < 4.78 is 1.92. The highest BCUT2D eigenvalue weighted by atomic mass is 35.5. The Morgan fingerprint density at radius 2 is 2.23 bits per heavy atom. The van der Waals surface area contributed by atoms with Crippen molar-refractivity contribution in [1.29, 1.82) is 0 Å². The summed E-state index contributed by atoms with van der Waals surface area (Å²) >= 11 is 11.8. The van der Waals surface area contributed by atoms with E-state index in [1.54, 1.807) is 6.07 Å². The number of aryl methyl sites for hydroxylation is 1. The normalized spacial score (nSPS) is 11.0. The number of rotatable bonds is 1. The number of fused-ring (bicyclic) bond motifs is 1. The predicted octanol–water partition coefficient (Wildman–Crippen LogP) is 3.20. The van der Waals surface area contributed by atoms with Gasteiger partial charge in [0.1, 0.15) is 0 Å². The summed E-state index contributed by atoms with van der Waals surface area (Å²) in [6, 6.07) is 1.70. The second-order valence-corrected chi connectivity index (χ2v) is 3.65. The van der Waals surface area contributed by atoms with Crippen molar-refractivity contribution in [3.8, 4) is 0 Å². The highest BCUT2D eigenvalue weighted by molar-refractivity contribution is 6.36. The van der Waals surface area contributed by atoms with Crippen molar-refractivity contribution in [3.05, 3.63) is 34.2 Å². The Morgan fingerprint density at radius 3 is 2.92 bits per heavy atom. The van der Waals surface area contributed by atoms with Gasteiger partial charge >= 0.3 is 0 Å². The van der Waals surface area contributed by atoms with Crippen LogP contribution >= 0.6 is 23.2 Å². The van der Waals surface area contributed by atoms with Gasteiger partial charge in [0.25, 0.3) is 0 Å². The molecular weight excluding hydrogens is 207 g/mol. The summed E-state index contributed by atoms with van der Waals surface area (Å²) in [5.74, 6) is 0. The minimum Gasteiger partial charge on any atom is -0.301 e. The molecule has 2 aromatic heterocycles. The van der Waals surface area contributed by atoms with Crippen LogP contribution in [0.4, 0.5) is 0 Å². The monoisotopic (exact) mass is 214 g/mol.